The lowest BCUT2D eigenvalue weighted by Gasteiger charge is -2.41. The summed E-state index contributed by atoms with van der Waals surface area (Å²) in [4.78, 5) is 12.7. The minimum Gasteiger partial charge on any atom is -0.489 e. The molecule has 0 radical (unpaired) electrons. The number of aryl methyl sites for hydroxylation is 1. The van der Waals surface area contributed by atoms with Gasteiger partial charge >= 0.3 is 0 Å². The number of carbonyl (C=O) groups is 1. The molecule has 5 nitrogen and oxygen atoms in total. The van der Waals surface area contributed by atoms with Crippen molar-refractivity contribution >= 4 is 17.2 Å². The highest BCUT2D eigenvalue weighted by molar-refractivity contribution is 6.43. The largest absolute Gasteiger partial charge is 0.489 e. The van der Waals surface area contributed by atoms with Gasteiger partial charge in [-0.15, -0.1) is 0 Å². The number of rotatable bonds is 5. The van der Waals surface area contributed by atoms with Crippen LogP contribution < -0.4 is 9.75 Å². The number of aliphatic hydroxyl groups excluding tert-OH is 1. The predicted octanol–water partition coefficient (Wildman–Crippen LogP) is 3.23. The van der Waals surface area contributed by atoms with Gasteiger partial charge in [-0.2, -0.15) is 5.10 Å². The lowest BCUT2D eigenvalue weighted by molar-refractivity contribution is -0.111. The average Bonchev–Trinajstić information content (AvgIpc) is 3.03. The minimum atomic E-state index is -0.600. The first-order valence-electron chi connectivity index (χ1n) is 9.37. The van der Waals surface area contributed by atoms with E-state index in [9.17, 15) is 9.90 Å². The summed E-state index contributed by atoms with van der Waals surface area (Å²) in [5, 5.41) is 16.3. The van der Waals surface area contributed by atoms with Crippen molar-refractivity contribution in [2.45, 2.75) is 38.1 Å². The van der Waals surface area contributed by atoms with E-state index in [1.807, 2.05) is 54.4 Å². The van der Waals surface area contributed by atoms with Crippen molar-refractivity contribution in [2.75, 3.05) is 18.2 Å². The van der Waals surface area contributed by atoms with Crippen LogP contribution in [0.25, 0.3) is 0 Å². The van der Waals surface area contributed by atoms with Crippen LogP contribution in [0.3, 0.4) is 0 Å². The molecule has 0 amide bonds. The minimum absolute atomic E-state index is 0.0413. The summed E-state index contributed by atoms with van der Waals surface area (Å²) in [6.45, 7) is 4.12. The first kappa shape index (κ1) is 17.7. The van der Waals surface area contributed by atoms with Gasteiger partial charge in [0.05, 0.1) is 5.41 Å². The molecular formula is C22H24N2O3. The van der Waals surface area contributed by atoms with Crippen LogP contribution in [0.15, 0.2) is 53.6 Å². The molecule has 4 rings (SSSR count). The zero-order chi connectivity index (χ0) is 19.0. The maximum absolute atomic E-state index is 12.7. The predicted molar refractivity (Wildman–Crippen MR) is 105 cm³/mol. The van der Waals surface area contributed by atoms with Gasteiger partial charge in [0.15, 0.2) is 5.78 Å². The Hall–Kier alpha value is -2.66. The fourth-order valence-electron chi connectivity index (χ4n) is 4.40. The Balaban J connectivity index is 1.91. The number of ketones is 1. The molecule has 0 saturated heterocycles. The van der Waals surface area contributed by atoms with E-state index in [2.05, 4.69) is 6.07 Å². The van der Waals surface area contributed by atoms with E-state index < -0.39 is 5.41 Å². The third-order valence-electron chi connectivity index (χ3n) is 5.60. The zero-order valence-electron chi connectivity index (χ0n) is 15.7. The van der Waals surface area contributed by atoms with Gasteiger partial charge < -0.3 is 9.84 Å². The number of hydrogen-bond acceptors (Lipinski definition) is 5. The van der Waals surface area contributed by atoms with E-state index in [-0.39, 0.29) is 18.4 Å². The summed E-state index contributed by atoms with van der Waals surface area (Å²) >= 11 is 0. The van der Waals surface area contributed by atoms with Gasteiger partial charge in [-0.3, -0.25) is 9.80 Å². The number of hydrazone groups is 1. The Kier molecular flexibility index (Phi) is 4.48. The van der Waals surface area contributed by atoms with Crippen molar-refractivity contribution in [2.24, 2.45) is 5.10 Å². The molecule has 0 bridgehead atoms. The van der Waals surface area contributed by atoms with Gasteiger partial charge in [0.2, 0.25) is 0 Å². The van der Waals surface area contributed by atoms with E-state index in [1.54, 1.807) is 6.92 Å². The Morgan fingerprint density at radius 2 is 2.07 bits per heavy atom. The molecule has 0 aromatic heterocycles. The van der Waals surface area contributed by atoms with Gasteiger partial charge in [-0.1, -0.05) is 36.4 Å². The van der Waals surface area contributed by atoms with Crippen molar-refractivity contribution in [3.05, 3.63) is 59.7 Å². The van der Waals surface area contributed by atoms with Crippen LogP contribution >= 0.6 is 0 Å². The second-order valence-corrected chi connectivity index (χ2v) is 7.31. The van der Waals surface area contributed by atoms with Gasteiger partial charge in [0, 0.05) is 13.5 Å². The van der Waals surface area contributed by atoms with Crippen LogP contribution in [0, 0.1) is 6.92 Å². The highest BCUT2D eigenvalue weighted by Crippen LogP contribution is 2.48. The van der Waals surface area contributed by atoms with Gasteiger partial charge in [0.1, 0.15) is 29.8 Å². The van der Waals surface area contributed by atoms with Crippen molar-refractivity contribution in [1.29, 1.82) is 0 Å². The highest BCUT2D eigenvalue weighted by Gasteiger charge is 2.55. The molecule has 0 unspecified atom stereocenters. The molecule has 0 fully saturated rings. The van der Waals surface area contributed by atoms with Crippen molar-refractivity contribution < 1.29 is 14.6 Å². The van der Waals surface area contributed by atoms with Crippen LogP contribution in [0.1, 0.15) is 30.9 Å². The van der Waals surface area contributed by atoms with Gasteiger partial charge in [-0.25, -0.2) is 0 Å². The molecule has 2 atom stereocenters. The van der Waals surface area contributed by atoms with Crippen LogP contribution in [0.5, 0.6) is 5.75 Å². The standard InChI is InChI=1S/C22H24N2O3/c1-15-9-10-19-18(13-15)24-20(14-27-19)22(11-6-12-25,21(23-24)16(2)26)17-7-4-3-5-8-17/h3-5,7-10,13,20,25H,6,11-12,14H2,1-2H3/t20-,22+/m0/s1. The second-order valence-electron chi connectivity index (χ2n) is 7.31. The quantitative estimate of drug-likeness (QED) is 0.885. The van der Waals surface area contributed by atoms with E-state index in [0.717, 1.165) is 22.6 Å². The van der Waals surface area contributed by atoms with Gasteiger partial charge in [-0.05, 0) is 43.0 Å². The van der Waals surface area contributed by atoms with E-state index in [1.165, 1.54) is 0 Å². The summed E-state index contributed by atoms with van der Waals surface area (Å²) in [6.07, 6.45) is 1.23. The lowest BCUT2D eigenvalue weighted by atomic mass is 9.67. The maximum Gasteiger partial charge on any atom is 0.176 e. The van der Waals surface area contributed by atoms with Crippen molar-refractivity contribution in [3.63, 3.8) is 0 Å². The number of anilines is 1. The zero-order valence-corrected chi connectivity index (χ0v) is 15.7. The molecular weight excluding hydrogens is 340 g/mol. The van der Waals surface area contributed by atoms with E-state index in [0.29, 0.717) is 25.2 Å². The summed E-state index contributed by atoms with van der Waals surface area (Å²) in [6, 6.07) is 15.9. The summed E-state index contributed by atoms with van der Waals surface area (Å²) in [7, 11) is 0. The first-order valence-corrected chi connectivity index (χ1v) is 9.37. The molecule has 27 heavy (non-hydrogen) atoms. The number of aliphatic hydroxyl groups is 1. The average molecular weight is 364 g/mol. The number of hydrogen-bond donors (Lipinski definition) is 1. The molecule has 1 N–H and O–H groups in total. The SMILES string of the molecule is CC(=O)C1=NN2c3cc(C)ccc3OC[C@H]2[C@@]1(CCCO)c1ccccc1. The number of carbonyl (C=O) groups excluding carboxylic acids is 1. The highest BCUT2D eigenvalue weighted by atomic mass is 16.5. The van der Waals surface area contributed by atoms with Gasteiger partial charge in [0.25, 0.3) is 0 Å². The fourth-order valence-corrected chi connectivity index (χ4v) is 4.40. The van der Waals surface area contributed by atoms with Crippen LogP contribution in [0.4, 0.5) is 5.69 Å². The first-order chi connectivity index (χ1) is 13.1. The Morgan fingerprint density at radius 1 is 1.30 bits per heavy atom. The molecule has 2 heterocycles. The molecule has 2 aliphatic rings. The van der Waals surface area contributed by atoms with Crippen molar-refractivity contribution in [1.82, 2.24) is 0 Å². The number of Topliss-reactive ketones (excluding diaryl/α,β-unsaturated/α-hetero) is 1. The molecule has 2 aliphatic heterocycles. The van der Waals surface area contributed by atoms with Crippen LogP contribution in [0.2, 0.25) is 0 Å². The maximum atomic E-state index is 12.7. The molecule has 2 aromatic rings. The monoisotopic (exact) mass is 364 g/mol. The van der Waals surface area contributed by atoms with E-state index >= 15 is 0 Å². The molecule has 0 aliphatic carbocycles. The Bertz CT molecular complexity index is 894. The molecule has 0 saturated carbocycles. The summed E-state index contributed by atoms with van der Waals surface area (Å²) in [5.74, 6) is 0.745. The molecule has 0 spiro atoms. The second kappa shape index (κ2) is 6.82. The summed E-state index contributed by atoms with van der Waals surface area (Å²) < 4.78 is 6.09. The van der Waals surface area contributed by atoms with Crippen LogP contribution in [-0.2, 0) is 10.2 Å². The number of ether oxygens (including phenoxy) is 1. The number of fused-ring (bicyclic) bond motifs is 3. The summed E-state index contributed by atoms with van der Waals surface area (Å²) in [5.41, 5.74) is 3.00. The Morgan fingerprint density at radius 3 is 2.78 bits per heavy atom. The Labute approximate surface area is 159 Å². The molecule has 5 heteroatoms. The van der Waals surface area contributed by atoms with E-state index in [4.69, 9.17) is 9.84 Å². The van der Waals surface area contributed by atoms with Crippen LogP contribution in [-0.4, -0.2) is 35.9 Å². The van der Waals surface area contributed by atoms with Crippen molar-refractivity contribution in [3.8, 4) is 5.75 Å². The lowest BCUT2D eigenvalue weighted by Crippen LogP contribution is -2.53. The third kappa shape index (κ3) is 2.73. The topological polar surface area (TPSA) is 62.1 Å². The number of benzene rings is 2. The third-order valence-corrected chi connectivity index (χ3v) is 5.60. The number of nitrogens with zero attached hydrogens (tertiary/aromatic N) is 2. The fraction of sp³-hybridized carbons (Fsp3) is 0.364. The smallest absolute Gasteiger partial charge is 0.176 e. The molecule has 2 aromatic carbocycles. The normalized spacial score (nSPS) is 23.3. The molecule has 140 valence electrons.